The molecule has 1 amide bonds. The van der Waals surface area contributed by atoms with Crippen molar-refractivity contribution in [2.24, 2.45) is 4.99 Å². The molecule has 0 saturated heterocycles. The third-order valence-electron chi connectivity index (χ3n) is 3.71. The SMILES string of the molecule is CCCOCc1ccccc1CNC(=NC)NCCCNC(=O)OC(C)(C)C. The Morgan fingerprint density at radius 3 is 2.39 bits per heavy atom. The lowest BCUT2D eigenvalue weighted by Gasteiger charge is -2.19. The van der Waals surface area contributed by atoms with Crippen LogP contribution in [0.4, 0.5) is 4.79 Å². The van der Waals surface area contributed by atoms with Gasteiger partial charge in [-0.05, 0) is 44.7 Å². The summed E-state index contributed by atoms with van der Waals surface area (Å²) in [5.74, 6) is 0.724. The van der Waals surface area contributed by atoms with Crippen molar-refractivity contribution >= 4 is 12.1 Å². The maximum Gasteiger partial charge on any atom is 0.407 e. The molecule has 0 radical (unpaired) electrons. The van der Waals surface area contributed by atoms with Gasteiger partial charge in [0.25, 0.3) is 0 Å². The van der Waals surface area contributed by atoms with E-state index in [0.29, 0.717) is 26.2 Å². The van der Waals surface area contributed by atoms with E-state index in [0.717, 1.165) is 25.4 Å². The fraction of sp³-hybridized carbons (Fsp3) is 0.619. The van der Waals surface area contributed by atoms with Crippen LogP contribution in [0.5, 0.6) is 0 Å². The Morgan fingerprint density at radius 1 is 1.07 bits per heavy atom. The largest absolute Gasteiger partial charge is 0.444 e. The monoisotopic (exact) mass is 392 g/mol. The zero-order valence-corrected chi connectivity index (χ0v) is 17.9. The van der Waals surface area contributed by atoms with Gasteiger partial charge in [0.05, 0.1) is 6.61 Å². The number of rotatable bonds is 10. The Morgan fingerprint density at radius 2 is 1.75 bits per heavy atom. The molecule has 0 unspecified atom stereocenters. The number of ether oxygens (including phenoxy) is 2. The average Bonchev–Trinajstić information content (AvgIpc) is 2.63. The van der Waals surface area contributed by atoms with E-state index in [-0.39, 0.29) is 0 Å². The second kappa shape index (κ2) is 13.0. The number of carbonyl (C=O) groups is 1. The maximum absolute atomic E-state index is 11.6. The third kappa shape index (κ3) is 10.8. The highest BCUT2D eigenvalue weighted by molar-refractivity contribution is 5.79. The lowest BCUT2D eigenvalue weighted by atomic mass is 10.1. The van der Waals surface area contributed by atoms with Gasteiger partial charge in [-0.15, -0.1) is 0 Å². The first-order valence-corrected chi connectivity index (χ1v) is 9.91. The Labute approximate surface area is 169 Å². The van der Waals surface area contributed by atoms with Crippen molar-refractivity contribution in [3.63, 3.8) is 0 Å². The van der Waals surface area contributed by atoms with Gasteiger partial charge in [-0.25, -0.2) is 4.79 Å². The van der Waals surface area contributed by atoms with E-state index in [1.807, 2.05) is 32.9 Å². The van der Waals surface area contributed by atoms with Gasteiger partial charge in [0.15, 0.2) is 5.96 Å². The molecular weight excluding hydrogens is 356 g/mol. The topological polar surface area (TPSA) is 84.0 Å². The van der Waals surface area contributed by atoms with E-state index >= 15 is 0 Å². The summed E-state index contributed by atoms with van der Waals surface area (Å²) in [6.45, 7) is 10.9. The van der Waals surface area contributed by atoms with Gasteiger partial charge in [-0.3, -0.25) is 4.99 Å². The first kappa shape index (κ1) is 23.8. The van der Waals surface area contributed by atoms with Crippen LogP contribution in [0.3, 0.4) is 0 Å². The van der Waals surface area contributed by atoms with Crippen LogP contribution in [-0.4, -0.2) is 44.4 Å². The molecule has 0 atom stereocenters. The van der Waals surface area contributed by atoms with Gasteiger partial charge >= 0.3 is 6.09 Å². The van der Waals surface area contributed by atoms with Crippen LogP contribution in [0.2, 0.25) is 0 Å². The average molecular weight is 393 g/mol. The van der Waals surface area contributed by atoms with E-state index in [1.165, 1.54) is 11.1 Å². The van der Waals surface area contributed by atoms with E-state index in [4.69, 9.17) is 9.47 Å². The van der Waals surface area contributed by atoms with Crippen molar-refractivity contribution in [1.29, 1.82) is 0 Å². The van der Waals surface area contributed by atoms with Crippen LogP contribution < -0.4 is 16.0 Å². The lowest BCUT2D eigenvalue weighted by molar-refractivity contribution is 0.0527. The molecule has 0 bridgehead atoms. The van der Waals surface area contributed by atoms with Crippen LogP contribution in [0.15, 0.2) is 29.3 Å². The zero-order valence-electron chi connectivity index (χ0n) is 17.9. The number of guanidine groups is 1. The van der Waals surface area contributed by atoms with Crippen molar-refractivity contribution < 1.29 is 14.3 Å². The van der Waals surface area contributed by atoms with Crippen LogP contribution in [0, 0.1) is 0 Å². The molecule has 28 heavy (non-hydrogen) atoms. The Balaban J connectivity index is 2.32. The number of aliphatic imine (C=N–C) groups is 1. The van der Waals surface area contributed by atoms with Crippen molar-refractivity contribution in [2.45, 2.75) is 59.3 Å². The minimum Gasteiger partial charge on any atom is -0.444 e. The number of hydrogen-bond donors (Lipinski definition) is 3. The molecule has 0 aliphatic heterocycles. The molecule has 158 valence electrons. The smallest absolute Gasteiger partial charge is 0.407 e. The molecule has 7 nitrogen and oxygen atoms in total. The molecule has 0 fully saturated rings. The van der Waals surface area contributed by atoms with Gasteiger partial charge in [-0.1, -0.05) is 31.2 Å². The van der Waals surface area contributed by atoms with Crippen LogP contribution in [-0.2, 0) is 22.6 Å². The van der Waals surface area contributed by atoms with Crippen molar-refractivity contribution in [3.8, 4) is 0 Å². The third-order valence-corrected chi connectivity index (χ3v) is 3.71. The molecular formula is C21H36N4O3. The molecule has 1 aromatic carbocycles. The van der Waals surface area contributed by atoms with E-state index in [2.05, 4.69) is 40.0 Å². The van der Waals surface area contributed by atoms with E-state index < -0.39 is 11.7 Å². The summed E-state index contributed by atoms with van der Waals surface area (Å²) in [6.07, 6.45) is 1.39. The summed E-state index contributed by atoms with van der Waals surface area (Å²) in [6, 6.07) is 8.23. The van der Waals surface area contributed by atoms with E-state index in [1.54, 1.807) is 7.05 Å². The first-order valence-electron chi connectivity index (χ1n) is 9.91. The summed E-state index contributed by atoms with van der Waals surface area (Å²) >= 11 is 0. The van der Waals surface area contributed by atoms with Crippen molar-refractivity contribution in [2.75, 3.05) is 26.7 Å². The Hall–Kier alpha value is -2.28. The zero-order chi connectivity index (χ0) is 20.8. The molecule has 3 N–H and O–H groups in total. The number of benzene rings is 1. The summed E-state index contributed by atoms with van der Waals surface area (Å²) in [5.41, 5.74) is 1.89. The fourth-order valence-electron chi connectivity index (χ4n) is 2.40. The number of alkyl carbamates (subject to hydrolysis) is 1. The van der Waals surface area contributed by atoms with Gasteiger partial charge in [-0.2, -0.15) is 0 Å². The Kier molecular flexibility index (Phi) is 11.0. The summed E-state index contributed by atoms with van der Waals surface area (Å²) < 4.78 is 10.9. The van der Waals surface area contributed by atoms with Gasteiger partial charge < -0.3 is 25.4 Å². The highest BCUT2D eigenvalue weighted by atomic mass is 16.6. The number of carbonyl (C=O) groups excluding carboxylic acids is 1. The highest BCUT2D eigenvalue weighted by Crippen LogP contribution is 2.10. The fourth-order valence-corrected chi connectivity index (χ4v) is 2.40. The van der Waals surface area contributed by atoms with Crippen LogP contribution in [0.25, 0.3) is 0 Å². The van der Waals surface area contributed by atoms with Gasteiger partial charge in [0, 0.05) is 33.3 Å². The molecule has 1 rings (SSSR count). The summed E-state index contributed by atoms with van der Waals surface area (Å²) in [4.78, 5) is 15.8. The molecule has 0 aliphatic carbocycles. The molecule has 0 heterocycles. The van der Waals surface area contributed by atoms with Crippen molar-refractivity contribution in [3.05, 3.63) is 35.4 Å². The van der Waals surface area contributed by atoms with Crippen LogP contribution in [0.1, 0.15) is 51.7 Å². The predicted molar refractivity (Wildman–Crippen MR) is 113 cm³/mol. The van der Waals surface area contributed by atoms with E-state index in [9.17, 15) is 4.79 Å². The molecule has 0 saturated carbocycles. The molecule has 0 aliphatic rings. The first-order chi connectivity index (χ1) is 13.4. The predicted octanol–water partition coefficient (Wildman–Crippen LogP) is 3.19. The van der Waals surface area contributed by atoms with Crippen LogP contribution >= 0.6 is 0 Å². The second-order valence-corrected chi connectivity index (χ2v) is 7.46. The molecule has 1 aromatic rings. The number of hydrogen-bond acceptors (Lipinski definition) is 4. The Bertz CT molecular complexity index is 612. The van der Waals surface area contributed by atoms with Gasteiger partial charge in [0.1, 0.15) is 5.60 Å². The maximum atomic E-state index is 11.6. The second-order valence-electron chi connectivity index (χ2n) is 7.46. The minimum atomic E-state index is -0.480. The number of nitrogens with one attached hydrogen (secondary N) is 3. The number of nitrogens with zero attached hydrogens (tertiary/aromatic N) is 1. The highest BCUT2D eigenvalue weighted by Gasteiger charge is 2.15. The minimum absolute atomic E-state index is 0.392. The van der Waals surface area contributed by atoms with Crippen molar-refractivity contribution in [1.82, 2.24) is 16.0 Å². The molecule has 7 heteroatoms. The normalized spacial score (nSPS) is 11.8. The number of amides is 1. The quantitative estimate of drug-likeness (QED) is 0.324. The van der Waals surface area contributed by atoms with Gasteiger partial charge in [0.2, 0.25) is 0 Å². The lowest BCUT2D eigenvalue weighted by Crippen LogP contribution is -2.39. The summed E-state index contributed by atoms with van der Waals surface area (Å²) in [7, 11) is 1.74. The molecule has 0 spiro atoms. The molecule has 0 aromatic heterocycles. The standard InChI is InChI=1S/C21H36N4O3/c1-6-14-27-16-18-11-8-7-10-17(18)15-25-19(22-5)23-12-9-13-24-20(26)28-21(2,3)4/h7-8,10-11H,6,9,12-16H2,1-5H3,(H,24,26)(H2,22,23,25). The summed E-state index contributed by atoms with van der Waals surface area (Å²) in [5, 5.41) is 9.31.